The molecule has 0 saturated carbocycles. The summed E-state index contributed by atoms with van der Waals surface area (Å²) in [5.74, 6) is 1.75. The molecule has 1 aliphatic rings. The van der Waals surface area contributed by atoms with Gasteiger partial charge < -0.3 is 14.2 Å². The smallest absolute Gasteiger partial charge is 0.249 e. The van der Waals surface area contributed by atoms with Crippen molar-refractivity contribution in [1.29, 1.82) is 0 Å². The number of halogens is 1. The predicted molar refractivity (Wildman–Crippen MR) is 108 cm³/mol. The minimum absolute atomic E-state index is 0.0994. The van der Waals surface area contributed by atoms with Crippen molar-refractivity contribution in [2.75, 3.05) is 6.61 Å². The number of rotatable bonds is 6. The number of nitrogens with zero attached hydrogens (tertiary/aromatic N) is 3. The topological polar surface area (TPSA) is 68.5 Å². The van der Waals surface area contributed by atoms with Gasteiger partial charge in [0.05, 0.1) is 12.2 Å². The zero-order valence-electron chi connectivity index (χ0n) is 15.5. The molecule has 144 valence electrons. The fraction of sp³-hybridized carbons (Fsp3) is 0.286. The van der Waals surface area contributed by atoms with E-state index >= 15 is 0 Å². The summed E-state index contributed by atoms with van der Waals surface area (Å²) in [7, 11) is 0. The molecule has 7 heteroatoms. The van der Waals surface area contributed by atoms with Crippen LogP contribution in [-0.2, 0) is 11.3 Å². The molecule has 4 rings (SSSR count). The zero-order chi connectivity index (χ0) is 19.5. The standard InChI is InChI=1S/C21H20BrN3O3/c1-2-27-18-6-4-3-5-16(18)20-23-21(28-24-20)17-11-12-19(26)25(17)13-14-7-9-15(22)10-8-14/h3-10,17H,2,11-13H2,1H3. The molecule has 0 spiro atoms. The second-order valence-electron chi connectivity index (χ2n) is 6.59. The summed E-state index contributed by atoms with van der Waals surface area (Å²) in [4.78, 5) is 18.9. The molecule has 1 amide bonds. The van der Waals surface area contributed by atoms with Gasteiger partial charge in [-0.05, 0) is 43.2 Å². The number of likely N-dealkylation sites (tertiary alicyclic amines) is 1. The van der Waals surface area contributed by atoms with E-state index in [0.717, 1.165) is 15.6 Å². The van der Waals surface area contributed by atoms with E-state index in [1.165, 1.54) is 0 Å². The van der Waals surface area contributed by atoms with E-state index in [2.05, 4.69) is 26.1 Å². The van der Waals surface area contributed by atoms with Crippen LogP contribution in [0.3, 0.4) is 0 Å². The van der Waals surface area contributed by atoms with Gasteiger partial charge in [0.15, 0.2) is 0 Å². The van der Waals surface area contributed by atoms with Gasteiger partial charge >= 0.3 is 0 Å². The first-order valence-electron chi connectivity index (χ1n) is 9.25. The van der Waals surface area contributed by atoms with Crippen LogP contribution in [0.1, 0.15) is 37.3 Å². The van der Waals surface area contributed by atoms with Crippen molar-refractivity contribution in [1.82, 2.24) is 15.0 Å². The van der Waals surface area contributed by atoms with Gasteiger partial charge in [0.25, 0.3) is 0 Å². The van der Waals surface area contributed by atoms with Crippen molar-refractivity contribution < 1.29 is 14.1 Å². The zero-order valence-corrected chi connectivity index (χ0v) is 17.1. The molecule has 0 aliphatic carbocycles. The van der Waals surface area contributed by atoms with Crippen molar-refractivity contribution in [2.24, 2.45) is 0 Å². The summed E-state index contributed by atoms with van der Waals surface area (Å²) in [6.07, 6.45) is 1.15. The number of carbonyl (C=O) groups is 1. The molecule has 1 saturated heterocycles. The first-order chi connectivity index (χ1) is 13.7. The molecule has 28 heavy (non-hydrogen) atoms. The lowest BCUT2D eigenvalue weighted by molar-refractivity contribution is -0.129. The van der Waals surface area contributed by atoms with E-state index in [-0.39, 0.29) is 11.9 Å². The lowest BCUT2D eigenvalue weighted by Crippen LogP contribution is -2.27. The van der Waals surface area contributed by atoms with Crippen LogP contribution in [-0.4, -0.2) is 27.6 Å². The molecule has 2 aromatic carbocycles. The Morgan fingerprint density at radius 2 is 2.00 bits per heavy atom. The Bertz CT molecular complexity index is 971. The molecule has 1 atom stereocenters. The maximum absolute atomic E-state index is 12.5. The molecule has 1 unspecified atom stereocenters. The van der Waals surface area contributed by atoms with Crippen LogP contribution in [0.4, 0.5) is 0 Å². The van der Waals surface area contributed by atoms with Gasteiger partial charge in [-0.1, -0.05) is 45.4 Å². The van der Waals surface area contributed by atoms with Crippen LogP contribution < -0.4 is 4.74 Å². The molecule has 1 fully saturated rings. The first kappa shape index (κ1) is 18.7. The fourth-order valence-corrected chi connectivity index (χ4v) is 3.65. The average molecular weight is 442 g/mol. The van der Waals surface area contributed by atoms with Gasteiger partial charge in [-0.3, -0.25) is 4.79 Å². The van der Waals surface area contributed by atoms with Crippen molar-refractivity contribution in [3.05, 3.63) is 64.5 Å². The van der Waals surface area contributed by atoms with Gasteiger partial charge in [-0.2, -0.15) is 4.98 Å². The van der Waals surface area contributed by atoms with Gasteiger partial charge in [0, 0.05) is 17.4 Å². The number of carbonyl (C=O) groups excluding carboxylic acids is 1. The predicted octanol–water partition coefficient (Wildman–Crippen LogP) is 4.76. The average Bonchev–Trinajstić information content (AvgIpc) is 3.32. The number of hydrogen-bond acceptors (Lipinski definition) is 5. The minimum Gasteiger partial charge on any atom is -0.493 e. The highest BCUT2D eigenvalue weighted by molar-refractivity contribution is 9.10. The van der Waals surface area contributed by atoms with Crippen molar-refractivity contribution in [2.45, 2.75) is 32.4 Å². The maximum atomic E-state index is 12.5. The highest BCUT2D eigenvalue weighted by Gasteiger charge is 2.36. The van der Waals surface area contributed by atoms with Gasteiger partial charge in [0.1, 0.15) is 11.8 Å². The Hall–Kier alpha value is -2.67. The van der Waals surface area contributed by atoms with Crippen LogP contribution in [0.5, 0.6) is 5.75 Å². The second kappa shape index (κ2) is 8.14. The van der Waals surface area contributed by atoms with Crippen LogP contribution in [0.25, 0.3) is 11.4 Å². The quantitative estimate of drug-likeness (QED) is 0.551. The summed E-state index contributed by atoms with van der Waals surface area (Å²) in [5.41, 5.74) is 1.84. The minimum atomic E-state index is -0.211. The lowest BCUT2D eigenvalue weighted by Gasteiger charge is -2.22. The molecule has 0 radical (unpaired) electrons. The van der Waals surface area contributed by atoms with Crippen LogP contribution >= 0.6 is 15.9 Å². The molecule has 3 aromatic rings. The number of amides is 1. The van der Waals surface area contributed by atoms with Crippen molar-refractivity contribution in [3.63, 3.8) is 0 Å². The molecule has 6 nitrogen and oxygen atoms in total. The second-order valence-corrected chi connectivity index (χ2v) is 7.50. The molecule has 1 aliphatic heterocycles. The van der Waals surface area contributed by atoms with Crippen LogP contribution in [0.15, 0.2) is 57.5 Å². The third-order valence-electron chi connectivity index (χ3n) is 4.75. The van der Waals surface area contributed by atoms with E-state index in [1.54, 1.807) is 0 Å². The molecule has 2 heterocycles. The highest BCUT2D eigenvalue weighted by Crippen LogP contribution is 2.35. The van der Waals surface area contributed by atoms with Gasteiger partial charge in [-0.25, -0.2) is 0 Å². The summed E-state index contributed by atoms with van der Waals surface area (Å²) in [5, 5.41) is 4.14. The Morgan fingerprint density at radius 3 is 2.79 bits per heavy atom. The highest BCUT2D eigenvalue weighted by atomic mass is 79.9. The van der Waals surface area contributed by atoms with Gasteiger partial charge in [0.2, 0.25) is 17.6 Å². The third kappa shape index (κ3) is 3.80. The van der Waals surface area contributed by atoms with E-state index in [4.69, 9.17) is 9.26 Å². The molecule has 1 aromatic heterocycles. The van der Waals surface area contributed by atoms with Crippen molar-refractivity contribution in [3.8, 4) is 17.1 Å². The largest absolute Gasteiger partial charge is 0.493 e. The maximum Gasteiger partial charge on any atom is 0.249 e. The summed E-state index contributed by atoms with van der Waals surface area (Å²) >= 11 is 3.44. The van der Waals surface area contributed by atoms with Crippen LogP contribution in [0.2, 0.25) is 0 Å². The van der Waals surface area contributed by atoms with E-state index in [1.807, 2.05) is 60.4 Å². The Kier molecular flexibility index (Phi) is 5.43. The summed E-state index contributed by atoms with van der Waals surface area (Å²) < 4.78 is 12.2. The number of ether oxygens (including phenoxy) is 1. The Labute approximate surface area is 171 Å². The number of hydrogen-bond donors (Lipinski definition) is 0. The monoisotopic (exact) mass is 441 g/mol. The number of para-hydroxylation sites is 1. The van der Waals surface area contributed by atoms with Crippen LogP contribution in [0, 0.1) is 0 Å². The number of aromatic nitrogens is 2. The lowest BCUT2D eigenvalue weighted by atomic mass is 10.1. The van der Waals surface area contributed by atoms with E-state index in [0.29, 0.717) is 43.5 Å². The third-order valence-corrected chi connectivity index (χ3v) is 5.28. The van der Waals surface area contributed by atoms with E-state index < -0.39 is 0 Å². The Balaban J connectivity index is 1.58. The summed E-state index contributed by atoms with van der Waals surface area (Å²) in [6.45, 7) is 3.01. The van der Waals surface area contributed by atoms with Gasteiger partial charge in [-0.15, -0.1) is 0 Å². The van der Waals surface area contributed by atoms with E-state index in [9.17, 15) is 4.79 Å². The first-order valence-corrected chi connectivity index (χ1v) is 10.0. The molecule has 0 bridgehead atoms. The van der Waals surface area contributed by atoms with Crippen molar-refractivity contribution >= 4 is 21.8 Å². The SMILES string of the molecule is CCOc1ccccc1-c1noc(C2CCC(=O)N2Cc2ccc(Br)cc2)n1. The molecular weight excluding hydrogens is 422 g/mol. The molecular formula is C21H20BrN3O3. The fourth-order valence-electron chi connectivity index (χ4n) is 3.39. The summed E-state index contributed by atoms with van der Waals surface area (Å²) in [6, 6.07) is 15.3. The normalized spacial score (nSPS) is 16.6. The molecule has 0 N–H and O–H groups in total. The number of benzene rings is 2. The Morgan fingerprint density at radius 1 is 1.21 bits per heavy atom.